The molecule has 6 heteroatoms. The number of benzene rings is 1. The zero-order chi connectivity index (χ0) is 12.3. The number of methoxy groups -OCH3 is 2. The van der Waals surface area contributed by atoms with E-state index in [9.17, 15) is 9.90 Å². The van der Waals surface area contributed by atoms with Crippen LogP contribution in [0.1, 0.15) is 11.7 Å². The van der Waals surface area contributed by atoms with Gasteiger partial charge in [-0.15, -0.1) is 0 Å². The fourth-order valence-corrected chi connectivity index (χ4v) is 1.61. The number of rotatable bonds is 4. The fourth-order valence-electron chi connectivity index (χ4n) is 1.27. The highest BCUT2D eigenvalue weighted by Crippen LogP contribution is 2.39. The molecule has 88 valence electrons. The minimum Gasteiger partial charge on any atom is -0.493 e. The van der Waals surface area contributed by atoms with Crippen LogP contribution in [0.3, 0.4) is 0 Å². The van der Waals surface area contributed by atoms with Gasteiger partial charge in [-0.05, 0) is 6.07 Å². The van der Waals surface area contributed by atoms with Crippen LogP contribution < -0.4 is 15.2 Å². The quantitative estimate of drug-likeness (QED) is 0.825. The highest BCUT2D eigenvalue weighted by molar-refractivity contribution is 6.33. The van der Waals surface area contributed by atoms with Gasteiger partial charge in [0.1, 0.15) is 0 Å². The van der Waals surface area contributed by atoms with E-state index in [4.69, 9.17) is 26.8 Å². The van der Waals surface area contributed by atoms with Crippen LogP contribution in [0, 0.1) is 0 Å². The Hall–Kier alpha value is -1.46. The summed E-state index contributed by atoms with van der Waals surface area (Å²) in [5, 5.41) is 9.61. The largest absolute Gasteiger partial charge is 0.493 e. The second-order valence-electron chi connectivity index (χ2n) is 3.01. The number of carbonyl (C=O) groups excluding carboxylic acids is 1. The number of amides is 1. The van der Waals surface area contributed by atoms with Crippen molar-refractivity contribution in [2.24, 2.45) is 5.73 Å². The van der Waals surface area contributed by atoms with Gasteiger partial charge < -0.3 is 20.3 Å². The maximum atomic E-state index is 10.8. The van der Waals surface area contributed by atoms with Crippen LogP contribution in [-0.2, 0) is 4.79 Å². The van der Waals surface area contributed by atoms with Gasteiger partial charge in [0.2, 0.25) is 0 Å². The molecule has 3 N–H and O–H groups in total. The monoisotopic (exact) mass is 245 g/mol. The van der Waals surface area contributed by atoms with E-state index < -0.39 is 12.0 Å². The van der Waals surface area contributed by atoms with E-state index in [1.54, 1.807) is 0 Å². The van der Waals surface area contributed by atoms with Crippen molar-refractivity contribution in [1.29, 1.82) is 0 Å². The van der Waals surface area contributed by atoms with Gasteiger partial charge in [-0.25, -0.2) is 0 Å². The smallest absolute Gasteiger partial charge is 0.250 e. The standard InChI is InChI=1S/C10H12ClNO4/c1-15-6-4-3-5(8(13)10(12)14)7(11)9(6)16-2/h3-4,8,13H,1-2H3,(H2,12,14). The average Bonchev–Trinajstić information content (AvgIpc) is 2.27. The summed E-state index contributed by atoms with van der Waals surface area (Å²) in [5.41, 5.74) is 5.17. The van der Waals surface area contributed by atoms with E-state index in [1.165, 1.54) is 26.4 Å². The Bertz CT molecular complexity index is 408. The number of carbonyl (C=O) groups is 1. The van der Waals surface area contributed by atoms with E-state index in [0.717, 1.165) is 0 Å². The lowest BCUT2D eigenvalue weighted by molar-refractivity contribution is -0.126. The summed E-state index contributed by atoms with van der Waals surface area (Å²) in [7, 11) is 2.86. The molecule has 0 aliphatic heterocycles. The summed E-state index contributed by atoms with van der Waals surface area (Å²) >= 11 is 5.96. The Morgan fingerprint density at radius 2 is 2.06 bits per heavy atom. The molecule has 1 unspecified atom stereocenters. The van der Waals surface area contributed by atoms with E-state index in [2.05, 4.69) is 0 Å². The zero-order valence-electron chi connectivity index (χ0n) is 8.86. The van der Waals surface area contributed by atoms with Crippen molar-refractivity contribution < 1.29 is 19.4 Å². The van der Waals surface area contributed by atoms with Crippen molar-refractivity contribution in [2.75, 3.05) is 14.2 Å². The Kier molecular flexibility index (Phi) is 3.98. The predicted molar refractivity (Wildman–Crippen MR) is 58.7 cm³/mol. The number of nitrogens with two attached hydrogens (primary N) is 1. The molecule has 0 saturated carbocycles. The third kappa shape index (κ3) is 2.20. The molecule has 0 spiro atoms. The summed E-state index contributed by atoms with van der Waals surface area (Å²) in [5.74, 6) is -0.219. The van der Waals surface area contributed by atoms with Crippen LogP contribution in [0.25, 0.3) is 0 Å². The summed E-state index contributed by atoms with van der Waals surface area (Å²) in [6.45, 7) is 0. The number of halogens is 1. The third-order valence-corrected chi connectivity index (χ3v) is 2.47. The van der Waals surface area contributed by atoms with Gasteiger partial charge in [0, 0.05) is 5.56 Å². The number of ether oxygens (including phenoxy) is 2. The van der Waals surface area contributed by atoms with Gasteiger partial charge in [-0.1, -0.05) is 17.7 Å². The van der Waals surface area contributed by atoms with Gasteiger partial charge >= 0.3 is 0 Å². The molecule has 1 aromatic rings. The molecule has 0 radical (unpaired) electrons. The Morgan fingerprint density at radius 1 is 1.44 bits per heavy atom. The van der Waals surface area contributed by atoms with Crippen LogP contribution in [0.2, 0.25) is 5.02 Å². The molecular weight excluding hydrogens is 234 g/mol. The van der Waals surface area contributed by atoms with Crippen LogP contribution >= 0.6 is 11.6 Å². The maximum absolute atomic E-state index is 10.8. The zero-order valence-corrected chi connectivity index (χ0v) is 9.62. The van der Waals surface area contributed by atoms with E-state index >= 15 is 0 Å². The lowest BCUT2D eigenvalue weighted by Gasteiger charge is -2.14. The van der Waals surface area contributed by atoms with Crippen LogP contribution in [0.15, 0.2) is 12.1 Å². The number of hydrogen-bond acceptors (Lipinski definition) is 4. The lowest BCUT2D eigenvalue weighted by Crippen LogP contribution is -2.21. The molecule has 16 heavy (non-hydrogen) atoms. The van der Waals surface area contributed by atoms with Crippen molar-refractivity contribution in [2.45, 2.75) is 6.10 Å². The summed E-state index contributed by atoms with van der Waals surface area (Å²) < 4.78 is 10.0. The number of aliphatic hydroxyl groups is 1. The number of hydrogen-bond donors (Lipinski definition) is 2. The molecule has 0 bridgehead atoms. The second kappa shape index (κ2) is 5.05. The lowest BCUT2D eigenvalue weighted by atomic mass is 10.1. The molecule has 5 nitrogen and oxygen atoms in total. The van der Waals surface area contributed by atoms with Gasteiger partial charge in [-0.2, -0.15) is 0 Å². The summed E-state index contributed by atoms with van der Waals surface area (Å²) in [6.07, 6.45) is -1.47. The van der Waals surface area contributed by atoms with Crippen LogP contribution in [0.4, 0.5) is 0 Å². The van der Waals surface area contributed by atoms with Crippen LogP contribution in [-0.4, -0.2) is 25.2 Å². The summed E-state index contributed by atoms with van der Waals surface area (Å²) in [4.78, 5) is 10.8. The SMILES string of the molecule is COc1ccc(C(O)C(N)=O)c(Cl)c1OC. The molecule has 1 amide bonds. The molecular formula is C10H12ClNO4. The van der Waals surface area contributed by atoms with Gasteiger partial charge in [-0.3, -0.25) is 4.79 Å². The second-order valence-corrected chi connectivity index (χ2v) is 3.39. The molecule has 0 fully saturated rings. The van der Waals surface area contributed by atoms with Crippen molar-refractivity contribution in [3.8, 4) is 11.5 Å². The van der Waals surface area contributed by atoms with Crippen LogP contribution in [0.5, 0.6) is 11.5 Å². The first-order chi connectivity index (χ1) is 7.52. The minimum absolute atomic E-state index is 0.105. The Morgan fingerprint density at radius 3 is 2.50 bits per heavy atom. The van der Waals surface area contributed by atoms with E-state index in [0.29, 0.717) is 5.75 Å². The van der Waals surface area contributed by atoms with Crippen molar-refractivity contribution >= 4 is 17.5 Å². The molecule has 0 saturated heterocycles. The van der Waals surface area contributed by atoms with E-state index in [1.807, 2.05) is 0 Å². The summed E-state index contributed by atoms with van der Waals surface area (Å²) in [6, 6.07) is 2.99. The van der Waals surface area contributed by atoms with Crippen molar-refractivity contribution in [3.63, 3.8) is 0 Å². The van der Waals surface area contributed by atoms with Gasteiger partial charge in [0.15, 0.2) is 17.6 Å². The molecule has 0 aromatic heterocycles. The molecule has 0 heterocycles. The highest BCUT2D eigenvalue weighted by Gasteiger charge is 2.21. The molecule has 0 aliphatic rings. The number of aliphatic hydroxyl groups excluding tert-OH is 1. The van der Waals surface area contributed by atoms with Crippen molar-refractivity contribution in [1.82, 2.24) is 0 Å². The van der Waals surface area contributed by atoms with E-state index in [-0.39, 0.29) is 16.3 Å². The predicted octanol–water partition coefficient (Wildman–Crippen LogP) is 0.876. The van der Waals surface area contributed by atoms with Gasteiger partial charge in [0.25, 0.3) is 5.91 Å². The molecule has 0 aliphatic carbocycles. The first-order valence-electron chi connectivity index (χ1n) is 4.40. The first-order valence-corrected chi connectivity index (χ1v) is 4.78. The average molecular weight is 246 g/mol. The molecule has 1 rings (SSSR count). The maximum Gasteiger partial charge on any atom is 0.250 e. The topological polar surface area (TPSA) is 81.8 Å². The molecule has 1 aromatic carbocycles. The molecule has 1 atom stereocenters. The van der Waals surface area contributed by atoms with Gasteiger partial charge in [0.05, 0.1) is 19.2 Å². The first kappa shape index (κ1) is 12.6. The third-order valence-electron chi connectivity index (χ3n) is 2.08. The fraction of sp³-hybridized carbons (Fsp3) is 0.300. The minimum atomic E-state index is -1.47. The van der Waals surface area contributed by atoms with Crippen molar-refractivity contribution in [3.05, 3.63) is 22.7 Å². The Balaban J connectivity index is 3.29. The normalized spacial score (nSPS) is 12.0. The highest BCUT2D eigenvalue weighted by atomic mass is 35.5. The Labute approximate surface area is 97.7 Å². The number of primary amides is 1.